The third-order valence-corrected chi connectivity index (χ3v) is 4.72. The molecule has 3 atom stereocenters. The third kappa shape index (κ3) is 4.62. The predicted octanol–water partition coefficient (Wildman–Crippen LogP) is 3.66. The number of ether oxygens (including phenoxy) is 3. The molecule has 0 N–H and O–H groups in total. The normalized spacial score (nSPS) is 28.1. The van der Waals surface area contributed by atoms with Gasteiger partial charge in [-0.15, -0.1) is 0 Å². The van der Waals surface area contributed by atoms with E-state index in [9.17, 15) is 14.4 Å². The monoisotopic (exact) mass is 362 g/mol. The molecule has 1 saturated heterocycles. The molecule has 0 aromatic carbocycles. The van der Waals surface area contributed by atoms with Crippen LogP contribution in [0.4, 0.5) is 4.79 Å². The molecule has 0 radical (unpaired) electrons. The molecule has 1 aliphatic carbocycles. The van der Waals surface area contributed by atoms with Crippen molar-refractivity contribution >= 4 is 17.9 Å². The lowest BCUT2D eigenvalue weighted by molar-refractivity contribution is -0.140. The summed E-state index contributed by atoms with van der Waals surface area (Å²) in [5.74, 6) is -0.588. The first-order chi connectivity index (χ1) is 12.3. The number of esters is 1. The summed E-state index contributed by atoms with van der Waals surface area (Å²) in [7, 11) is 1.22. The molecule has 0 unspecified atom stereocenters. The van der Waals surface area contributed by atoms with Gasteiger partial charge in [-0.3, -0.25) is 9.59 Å². The maximum absolute atomic E-state index is 12.6. The Labute approximate surface area is 153 Å². The molecular weight excluding hydrogens is 336 g/mol. The highest BCUT2D eigenvalue weighted by atomic mass is 16.7. The molecule has 6 nitrogen and oxygen atoms in total. The summed E-state index contributed by atoms with van der Waals surface area (Å²) in [6.07, 6.45) is 6.69. The van der Waals surface area contributed by atoms with Gasteiger partial charge in [0.15, 0.2) is 5.78 Å². The van der Waals surface area contributed by atoms with Gasteiger partial charge in [0, 0.05) is 6.42 Å². The molecule has 26 heavy (non-hydrogen) atoms. The van der Waals surface area contributed by atoms with Gasteiger partial charge in [0.1, 0.15) is 12.2 Å². The minimum atomic E-state index is -1.03. The van der Waals surface area contributed by atoms with Crippen LogP contribution in [0.2, 0.25) is 0 Å². The van der Waals surface area contributed by atoms with Gasteiger partial charge in [-0.1, -0.05) is 17.2 Å². The van der Waals surface area contributed by atoms with Crippen LogP contribution in [0.15, 0.2) is 35.5 Å². The molecule has 6 heteroatoms. The van der Waals surface area contributed by atoms with Crippen molar-refractivity contribution in [1.29, 1.82) is 0 Å². The Hall–Kier alpha value is -2.37. The summed E-state index contributed by atoms with van der Waals surface area (Å²) in [4.78, 5) is 36.0. The number of ketones is 1. The smallest absolute Gasteiger partial charge is 0.457 e. The molecule has 0 aromatic rings. The third-order valence-electron chi connectivity index (χ3n) is 4.72. The van der Waals surface area contributed by atoms with Gasteiger partial charge in [0.25, 0.3) is 0 Å². The van der Waals surface area contributed by atoms with E-state index < -0.39 is 29.7 Å². The van der Waals surface area contributed by atoms with E-state index in [0.717, 1.165) is 18.4 Å². The number of rotatable bonds is 5. The van der Waals surface area contributed by atoms with E-state index in [2.05, 4.69) is 10.8 Å². The van der Waals surface area contributed by atoms with Crippen molar-refractivity contribution in [3.63, 3.8) is 0 Å². The Morgan fingerprint density at radius 1 is 1.35 bits per heavy atom. The molecule has 1 aliphatic heterocycles. The first-order valence-electron chi connectivity index (χ1n) is 8.74. The van der Waals surface area contributed by atoms with E-state index in [1.54, 1.807) is 0 Å². The second kappa shape index (κ2) is 8.34. The van der Waals surface area contributed by atoms with E-state index in [1.807, 2.05) is 26.8 Å². The highest BCUT2D eigenvalue weighted by Crippen LogP contribution is 2.45. The summed E-state index contributed by atoms with van der Waals surface area (Å²) in [5.41, 5.74) is 1.27. The van der Waals surface area contributed by atoms with Crippen molar-refractivity contribution in [2.24, 2.45) is 5.41 Å². The summed E-state index contributed by atoms with van der Waals surface area (Å²) in [6.45, 7) is 6.05. The standard InChI is InChI=1S/C20H26O6/c1-13(2)6-5-7-14(3)10-17-20(12-18(22)26-17)11-15(8-9-16(20)21)25-19(23)24-4/h6,8-10,15,17H,5,7,11-12H2,1-4H3/b14-10+/t15-,17-,20+/m1/s1. The summed E-state index contributed by atoms with van der Waals surface area (Å²) in [5, 5.41) is 0. The van der Waals surface area contributed by atoms with Gasteiger partial charge in [0.05, 0.1) is 18.9 Å². The zero-order valence-corrected chi connectivity index (χ0v) is 15.7. The Balaban J connectivity index is 2.19. The molecular formula is C20H26O6. The Morgan fingerprint density at radius 3 is 2.73 bits per heavy atom. The van der Waals surface area contributed by atoms with Gasteiger partial charge >= 0.3 is 12.1 Å². The number of cyclic esters (lactones) is 1. The molecule has 2 aliphatic rings. The molecule has 0 aromatic heterocycles. The Bertz CT molecular complexity index is 668. The van der Waals surface area contributed by atoms with Crippen molar-refractivity contribution in [2.45, 2.75) is 58.7 Å². The second-order valence-electron chi connectivity index (χ2n) is 7.11. The van der Waals surface area contributed by atoms with Crippen LogP contribution in [0.1, 0.15) is 46.5 Å². The van der Waals surface area contributed by atoms with Crippen LogP contribution in [0.25, 0.3) is 0 Å². The van der Waals surface area contributed by atoms with Crippen LogP contribution < -0.4 is 0 Å². The molecule has 1 fully saturated rings. The molecule has 0 bridgehead atoms. The average molecular weight is 362 g/mol. The fraction of sp³-hybridized carbons (Fsp3) is 0.550. The van der Waals surface area contributed by atoms with Crippen molar-refractivity contribution in [1.82, 2.24) is 0 Å². The summed E-state index contributed by atoms with van der Waals surface area (Å²) < 4.78 is 15.1. The molecule has 0 saturated carbocycles. The van der Waals surface area contributed by atoms with Gasteiger partial charge in [-0.25, -0.2) is 4.79 Å². The largest absolute Gasteiger partial charge is 0.508 e. The fourth-order valence-corrected chi connectivity index (χ4v) is 3.33. The number of methoxy groups -OCH3 is 1. The SMILES string of the molecule is COC(=O)O[C@@H]1C=CC(=O)[C@@]2(CC(=O)O[C@@H]2/C=C(\C)CCC=C(C)C)C1. The number of hydrogen-bond donors (Lipinski definition) is 0. The molecule has 2 rings (SSSR count). The minimum absolute atomic E-state index is 0.0143. The topological polar surface area (TPSA) is 78.9 Å². The van der Waals surface area contributed by atoms with Crippen LogP contribution >= 0.6 is 0 Å². The maximum atomic E-state index is 12.6. The average Bonchev–Trinajstić information content (AvgIpc) is 2.86. The van der Waals surface area contributed by atoms with Crippen molar-refractivity contribution in [3.05, 3.63) is 35.5 Å². The maximum Gasteiger partial charge on any atom is 0.508 e. The predicted molar refractivity (Wildman–Crippen MR) is 95.4 cm³/mol. The number of carbonyl (C=O) groups is 3. The number of carbonyl (C=O) groups excluding carboxylic acids is 3. The van der Waals surface area contributed by atoms with Gasteiger partial charge < -0.3 is 14.2 Å². The van der Waals surface area contributed by atoms with Crippen LogP contribution in [0, 0.1) is 5.41 Å². The molecule has 1 heterocycles. The highest BCUT2D eigenvalue weighted by Gasteiger charge is 2.55. The van der Waals surface area contributed by atoms with Crippen LogP contribution in [0.3, 0.4) is 0 Å². The van der Waals surface area contributed by atoms with Gasteiger partial charge in [0.2, 0.25) is 0 Å². The Morgan fingerprint density at radius 2 is 2.08 bits per heavy atom. The molecule has 0 amide bonds. The summed E-state index contributed by atoms with van der Waals surface area (Å²) in [6, 6.07) is 0. The quantitative estimate of drug-likeness (QED) is 0.548. The highest BCUT2D eigenvalue weighted by molar-refractivity contribution is 6.00. The van der Waals surface area contributed by atoms with E-state index in [1.165, 1.54) is 24.8 Å². The molecule has 142 valence electrons. The first-order valence-corrected chi connectivity index (χ1v) is 8.74. The second-order valence-corrected chi connectivity index (χ2v) is 7.11. The van der Waals surface area contributed by atoms with E-state index in [-0.39, 0.29) is 18.6 Å². The lowest BCUT2D eigenvalue weighted by Crippen LogP contribution is -2.43. The minimum Gasteiger partial charge on any atom is -0.457 e. The molecule has 1 spiro atoms. The lowest BCUT2D eigenvalue weighted by atomic mass is 9.69. The van der Waals surface area contributed by atoms with E-state index >= 15 is 0 Å². The van der Waals surface area contributed by atoms with Crippen molar-refractivity contribution < 1.29 is 28.6 Å². The van der Waals surface area contributed by atoms with E-state index in [4.69, 9.17) is 9.47 Å². The van der Waals surface area contributed by atoms with Crippen molar-refractivity contribution in [2.75, 3.05) is 7.11 Å². The number of hydrogen-bond acceptors (Lipinski definition) is 6. The first kappa shape index (κ1) is 19.9. The zero-order valence-electron chi connectivity index (χ0n) is 15.7. The number of allylic oxidation sites excluding steroid dienone is 4. The summed E-state index contributed by atoms with van der Waals surface area (Å²) >= 11 is 0. The van der Waals surface area contributed by atoms with E-state index in [0.29, 0.717) is 0 Å². The van der Waals surface area contributed by atoms with Gasteiger partial charge in [-0.2, -0.15) is 0 Å². The Kier molecular flexibility index (Phi) is 6.40. The van der Waals surface area contributed by atoms with Crippen molar-refractivity contribution in [3.8, 4) is 0 Å². The van der Waals surface area contributed by atoms with Crippen LogP contribution in [-0.2, 0) is 23.8 Å². The lowest BCUT2D eigenvalue weighted by Gasteiger charge is -2.34. The van der Waals surface area contributed by atoms with Gasteiger partial charge in [-0.05, 0) is 51.8 Å². The van der Waals surface area contributed by atoms with Crippen LogP contribution in [0.5, 0.6) is 0 Å². The zero-order chi connectivity index (χ0) is 19.3. The van der Waals surface area contributed by atoms with Crippen LogP contribution in [-0.4, -0.2) is 37.2 Å². The fourth-order valence-electron chi connectivity index (χ4n) is 3.33.